The minimum absolute atomic E-state index is 0.0730. The molecule has 29 heavy (non-hydrogen) atoms. The van der Waals surface area contributed by atoms with Gasteiger partial charge in [-0.1, -0.05) is 49.2 Å². The van der Waals surface area contributed by atoms with Crippen LogP contribution in [0.3, 0.4) is 0 Å². The van der Waals surface area contributed by atoms with Crippen LogP contribution in [-0.2, 0) is 4.79 Å². The lowest BCUT2D eigenvalue weighted by Crippen LogP contribution is -2.48. The molecule has 1 fully saturated rings. The maximum absolute atomic E-state index is 13.1. The van der Waals surface area contributed by atoms with Gasteiger partial charge in [-0.25, -0.2) is 5.01 Å². The van der Waals surface area contributed by atoms with Crippen LogP contribution in [0.1, 0.15) is 37.8 Å². The van der Waals surface area contributed by atoms with Crippen LogP contribution in [0.5, 0.6) is 0 Å². The van der Waals surface area contributed by atoms with Crippen molar-refractivity contribution in [3.8, 4) is 0 Å². The predicted octanol–water partition coefficient (Wildman–Crippen LogP) is 5.02. The Balaban J connectivity index is 1.66. The van der Waals surface area contributed by atoms with Gasteiger partial charge >= 0.3 is 0 Å². The molecule has 0 saturated carbocycles. The number of halogens is 2. The topological polar surface area (TPSA) is 47.9 Å². The third kappa shape index (κ3) is 4.44. The summed E-state index contributed by atoms with van der Waals surface area (Å²) in [5, 5.41) is 9.31. The van der Waals surface area contributed by atoms with Crippen molar-refractivity contribution in [2.45, 2.75) is 32.2 Å². The summed E-state index contributed by atoms with van der Waals surface area (Å²) < 4.78 is 1.17. The van der Waals surface area contributed by atoms with Crippen molar-refractivity contribution in [1.82, 2.24) is 10.4 Å². The zero-order chi connectivity index (χ0) is 20.4. The number of carbonyl (C=O) groups excluding carboxylic acids is 1. The normalized spacial score (nSPS) is 22.4. The summed E-state index contributed by atoms with van der Waals surface area (Å²) in [6, 6.07) is 15.9. The second kappa shape index (κ2) is 9.02. The highest BCUT2D eigenvalue weighted by atomic mass is 127. The molecule has 0 radical (unpaired) electrons. The molecule has 0 bridgehead atoms. The molecular formula is C22H24ClIN4O. The fraction of sp³-hybridized carbons (Fsp3) is 0.364. The van der Waals surface area contributed by atoms with E-state index in [1.54, 1.807) is 0 Å². The predicted molar refractivity (Wildman–Crippen MR) is 126 cm³/mol. The molecule has 2 atom stereocenters. The van der Waals surface area contributed by atoms with Gasteiger partial charge in [0, 0.05) is 22.6 Å². The first-order valence-electron chi connectivity index (χ1n) is 9.98. The number of rotatable bonds is 4. The van der Waals surface area contributed by atoms with E-state index in [2.05, 4.69) is 59.2 Å². The Morgan fingerprint density at radius 3 is 2.48 bits per heavy atom. The lowest BCUT2D eigenvalue weighted by atomic mass is 9.91. The number of amides is 1. The molecule has 0 aliphatic carbocycles. The van der Waals surface area contributed by atoms with Crippen molar-refractivity contribution in [3.05, 3.63) is 62.7 Å². The average molecular weight is 523 g/mol. The molecule has 7 heteroatoms. The van der Waals surface area contributed by atoms with E-state index in [1.807, 2.05) is 34.3 Å². The SMILES string of the molecule is C[C@@H]1C(C(=O)NN2CCCCC2)=NN(c2ccccc2Cl)[C@H]1c1ccc(I)cc1. The van der Waals surface area contributed by atoms with Crippen molar-refractivity contribution >= 4 is 51.5 Å². The zero-order valence-electron chi connectivity index (χ0n) is 16.3. The Bertz CT molecular complexity index is 911. The number of nitrogens with zero attached hydrogens (tertiary/aromatic N) is 3. The summed E-state index contributed by atoms with van der Waals surface area (Å²) in [5.41, 5.74) is 5.53. The molecule has 2 aromatic carbocycles. The highest BCUT2D eigenvalue weighted by Gasteiger charge is 2.40. The summed E-state index contributed by atoms with van der Waals surface area (Å²) in [6.45, 7) is 3.85. The Morgan fingerprint density at radius 1 is 1.10 bits per heavy atom. The van der Waals surface area contributed by atoms with Crippen LogP contribution in [0.2, 0.25) is 5.02 Å². The second-order valence-corrected chi connectivity index (χ2v) is 9.21. The van der Waals surface area contributed by atoms with Crippen LogP contribution in [0.25, 0.3) is 0 Å². The van der Waals surface area contributed by atoms with Crippen LogP contribution >= 0.6 is 34.2 Å². The van der Waals surface area contributed by atoms with Crippen LogP contribution in [-0.4, -0.2) is 29.7 Å². The van der Waals surface area contributed by atoms with Crippen LogP contribution in [0.4, 0.5) is 5.69 Å². The van der Waals surface area contributed by atoms with Gasteiger partial charge in [0.05, 0.1) is 16.8 Å². The first-order valence-corrected chi connectivity index (χ1v) is 11.4. The van der Waals surface area contributed by atoms with Gasteiger partial charge in [-0.2, -0.15) is 5.10 Å². The quantitative estimate of drug-likeness (QED) is 0.574. The average Bonchev–Trinajstić information content (AvgIpc) is 3.07. The number of hydrazine groups is 1. The molecule has 4 rings (SSSR count). The Kier molecular flexibility index (Phi) is 6.41. The van der Waals surface area contributed by atoms with E-state index in [9.17, 15) is 4.79 Å². The lowest BCUT2D eigenvalue weighted by Gasteiger charge is -2.28. The van der Waals surface area contributed by atoms with Gasteiger partial charge in [0.15, 0.2) is 0 Å². The van der Waals surface area contributed by atoms with Crippen molar-refractivity contribution in [2.75, 3.05) is 18.1 Å². The highest BCUT2D eigenvalue weighted by molar-refractivity contribution is 14.1. The monoisotopic (exact) mass is 522 g/mol. The van der Waals surface area contributed by atoms with Gasteiger partial charge in [-0.15, -0.1) is 0 Å². The number of para-hydroxylation sites is 1. The first-order chi connectivity index (χ1) is 14.0. The van der Waals surface area contributed by atoms with Crippen molar-refractivity contribution < 1.29 is 4.79 Å². The molecule has 0 unspecified atom stereocenters. The van der Waals surface area contributed by atoms with Gasteiger partial charge in [0.1, 0.15) is 5.71 Å². The highest BCUT2D eigenvalue weighted by Crippen LogP contribution is 2.41. The molecule has 1 saturated heterocycles. The van der Waals surface area contributed by atoms with Gasteiger partial charge in [0.25, 0.3) is 5.91 Å². The number of nitrogens with one attached hydrogen (secondary N) is 1. The van der Waals surface area contributed by atoms with Crippen LogP contribution < -0.4 is 10.4 Å². The van der Waals surface area contributed by atoms with Gasteiger partial charge in [-0.05, 0) is 65.3 Å². The number of hydrogen-bond acceptors (Lipinski definition) is 4. The molecule has 5 nitrogen and oxygen atoms in total. The minimum atomic E-state index is -0.121. The first kappa shape index (κ1) is 20.6. The number of carbonyl (C=O) groups is 1. The molecular weight excluding hydrogens is 499 g/mol. The van der Waals surface area contributed by atoms with Crippen LogP contribution in [0.15, 0.2) is 53.6 Å². The molecule has 152 valence electrons. The summed E-state index contributed by atoms with van der Waals surface area (Å²) in [7, 11) is 0. The molecule has 2 aliphatic rings. The molecule has 1 N–H and O–H groups in total. The fourth-order valence-corrected chi connectivity index (χ4v) is 4.60. The molecule has 0 spiro atoms. The number of hydrazone groups is 1. The molecule has 2 aliphatic heterocycles. The Labute approximate surface area is 190 Å². The van der Waals surface area contributed by atoms with Gasteiger partial charge in [-0.3, -0.25) is 15.2 Å². The van der Waals surface area contributed by atoms with E-state index in [1.165, 1.54) is 9.99 Å². The maximum Gasteiger partial charge on any atom is 0.282 e. The third-order valence-corrected chi connectivity index (χ3v) is 6.58. The Morgan fingerprint density at radius 2 is 1.79 bits per heavy atom. The summed E-state index contributed by atoms with van der Waals surface area (Å²) in [6.07, 6.45) is 3.44. The lowest BCUT2D eigenvalue weighted by molar-refractivity contribution is -0.120. The zero-order valence-corrected chi connectivity index (χ0v) is 19.2. The second-order valence-electron chi connectivity index (χ2n) is 7.55. The molecule has 2 heterocycles. The van der Waals surface area contributed by atoms with E-state index in [0.717, 1.165) is 37.2 Å². The molecule has 2 aromatic rings. The van der Waals surface area contributed by atoms with E-state index >= 15 is 0 Å². The van der Waals surface area contributed by atoms with E-state index in [4.69, 9.17) is 16.7 Å². The van der Waals surface area contributed by atoms with E-state index < -0.39 is 0 Å². The summed E-state index contributed by atoms with van der Waals surface area (Å²) >= 11 is 8.79. The van der Waals surface area contributed by atoms with Gasteiger partial charge in [0.2, 0.25) is 0 Å². The van der Waals surface area contributed by atoms with E-state index in [-0.39, 0.29) is 17.9 Å². The molecule has 1 amide bonds. The molecule has 0 aromatic heterocycles. The fourth-order valence-electron chi connectivity index (χ4n) is 4.02. The largest absolute Gasteiger partial charge is 0.284 e. The number of anilines is 1. The maximum atomic E-state index is 13.1. The van der Waals surface area contributed by atoms with Crippen molar-refractivity contribution in [2.24, 2.45) is 11.0 Å². The number of benzene rings is 2. The van der Waals surface area contributed by atoms with Crippen molar-refractivity contribution in [3.63, 3.8) is 0 Å². The van der Waals surface area contributed by atoms with E-state index in [0.29, 0.717) is 10.7 Å². The summed E-state index contributed by atoms with van der Waals surface area (Å²) in [4.78, 5) is 13.1. The third-order valence-electron chi connectivity index (χ3n) is 5.54. The minimum Gasteiger partial charge on any atom is -0.284 e. The Hall–Kier alpha value is -1.64. The van der Waals surface area contributed by atoms with Gasteiger partial charge < -0.3 is 0 Å². The number of piperidine rings is 1. The van der Waals surface area contributed by atoms with Crippen LogP contribution in [0, 0.1) is 9.49 Å². The standard InChI is InChI=1S/C22H24ClIN4O/c1-15-20(22(29)26-27-13-5-2-6-14-27)25-28(19-8-4-3-7-18(19)23)21(15)16-9-11-17(24)12-10-16/h3-4,7-12,15,21H,2,5-6,13-14H2,1H3,(H,26,29)/t15-,21-/m1/s1. The smallest absolute Gasteiger partial charge is 0.282 e. The van der Waals surface area contributed by atoms with Crippen molar-refractivity contribution in [1.29, 1.82) is 0 Å². The summed E-state index contributed by atoms with van der Waals surface area (Å²) in [5.74, 6) is -0.194. The number of hydrogen-bond donors (Lipinski definition) is 1.